The van der Waals surface area contributed by atoms with Gasteiger partial charge in [-0.15, -0.1) is 0 Å². The van der Waals surface area contributed by atoms with Crippen molar-refractivity contribution in [2.24, 2.45) is 10.8 Å². The number of likely N-dealkylation sites (tertiary alicyclic amines) is 1. The minimum Gasteiger partial charge on any atom is -0.388 e. The Hall–Kier alpha value is -1.37. The first-order chi connectivity index (χ1) is 10.0. The van der Waals surface area contributed by atoms with Crippen LogP contribution in [0.4, 0.5) is 5.69 Å². The van der Waals surface area contributed by atoms with Gasteiger partial charge >= 0.3 is 0 Å². The second-order valence-electron chi connectivity index (χ2n) is 4.54. The van der Waals surface area contributed by atoms with Crippen LogP contribution < -0.4 is 11.2 Å². The number of amides is 1. The molecule has 1 heterocycles. The number of hydrogen-bond donors (Lipinski definition) is 2. The molecule has 21 heavy (non-hydrogen) atoms. The van der Waals surface area contributed by atoms with Crippen LogP contribution in [0.15, 0.2) is 23.3 Å². The lowest BCUT2D eigenvalue weighted by Gasteiger charge is -2.16. The molecule has 1 aromatic rings. The maximum Gasteiger partial charge on any atom is 0.277 e. The zero-order valence-corrected chi connectivity index (χ0v) is 13.4. The summed E-state index contributed by atoms with van der Waals surface area (Å²) in [5.74, 6) is -0.273. The molecular weight excluding hydrogens is 331 g/mol. The van der Waals surface area contributed by atoms with Gasteiger partial charge in [-0.25, -0.2) is 0 Å². The molecule has 0 aromatic heterocycles. The number of nitrogens with one attached hydrogen (secondary N) is 1. The summed E-state index contributed by atoms with van der Waals surface area (Å²) in [6.45, 7) is 1.39. The predicted molar refractivity (Wildman–Crippen MR) is 90.1 cm³/mol. The summed E-state index contributed by atoms with van der Waals surface area (Å²) >= 11 is 16.9. The first-order valence-corrected chi connectivity index (χ1v) is 7.54. The van der Waals surface area contributed by atoms with E-state index in [9.17, 15) is 4.79 Å². The van der Waals surface area contributed by atoms with E-state index in [4.69, 9.17) is 41.2 Å². The van der Waals surface area contributed by atoms with Gasteiger partial charge in [-0.3, -0.25) is 10.2 Å². The van der Waals surface area contributed by atoms with Gasteiger partial charge in [-0.2, -0.15) is 5.10 Å². The average molecular weight is 345 g/mol. The zero-order chi connectivity index (χ0) is 15.4. The SMILES string of the molecule is NC(=S)/C(=N/Nc1cccc(Cl)c1Cl)C(=O)N1CCCC1. The van der Waals surface area contributed by atoms with Gasteiger partial charge in [0.25, 0.3) is 5.91 Å². The highest BCUT2D eigenvalue weighted by Crippen LogP contribution is 2.29. The van der Waals surface area contributed by atoms with Crippen LogP contribution in [0.3, 0.4) is 0 Å². The molecule has 1 fully saturated rings. The highest BCUT2D eigenvalue weighted by molar-refractivity contribution is 7.82. The lowest BCUT2D eigenvalue weighted by Crippen LogP contribution is -2.40. The molecule has 0 atom stereocenters. The van der Waals surface area contributed by atoms with Gasteiger partial charge < -0.3 is 10.6 Å². The predicted octanol–water partition coefficient (Wildman–Crippen LogP) is 2.67. The Bertz CT molecular complexity index is 600. The number of nitrogens with zero attached hydrogens (tertiary/aromatic N) is 2. The Balaban J connectivity index is 2.20. The van der Waals surface area contributed by atoms with E-state index in [2.05, 4.69) is 10.5 Å². The summed E-state index contributed by atoms with van der Waals surface area (Å²) in [6, 6.07) is 5.06. The van der Waals surface area contributed by atoms with Crippen molar-refractivity contribution in [3.05, 3.63) is 28.2 Å². The zero-order valence-electron chi connectivity index (χ0n) is 11.1. The molecule has 1 aliphatic heterocycles. The van der Waals surface area contributed by atoms with Crippen molar-refractivity contribution in [2.45, 2.75) is 12.8 Å². The van der Waals surface area contributed by atoms with Crippen molar-refractivity contribution < 1.29 is 4.79 Å². The van der Waals surface area contributed by atoms with E-state index in [-0.39, 0.29) is 16.6 Å². The molecule has 0 unspecified atom stereocenters. The van der Waals surface area contributed by atoms with Crippen molar-refractivity contribution in [2.75, 3.05) is 18.5 Å². The van der Waals surface area contributed by atoms with Crippen LogP contribution in [0.1, 0.15) is 12.8 Å². The van der Waals surface area contributed by atoms with Crippen LogP contribution in [0, 0.1) is 0 Å². The molecule has 8 heteroatoms. The molecule has 0 saturated carbocycles. The second kappa shape index (κ2) is 7.06. The Morgan fingerprint density at radius 3 is 2.62 bits per heavy atom. The third-order valence-electron chi connectivity index (χ3n) is 3.07. The van der Waals surface area contributed by atoms with Crippen molar-refractivity contribution in [3.8, 4) is 0 Å². The molecule has 5 nitrogen and oxygen atoms in total. The summed E-state index contributed by atoms with van der Waals surface area (Å²) in [5, 5.41) is 4.71. The average Bonchev–Trinajstić information content (AvgIpc) is 2.97. The number of carbonyl (C=O) groups excluding carboxylic acids is 1. The molecule has 112 valence electrons. The monoisotopic (exact) mass is 344 g/mol. The third-order valence-corrected chi connectivity index (χ3v) is 4.08. The third kappa shape index (κ3) is 3.84. The number of anilines is 1. The summed E-state index contributed by atoms with van der Waals surface area (Å²) in [4.78, 5) is 13.9. The lowest BCUT2D eigenvalue weighted by atomic mass is 10.3. The van der Waals surface area contributed by atoms with Gasteiger partial charge in [-0.1, -0.05) is 41.5 Å². The molecule has 0 bridgehead atoms. The van der Waals surface area contributed by atoms with Gasteiger partial charge in [0.1, 0.15) is 4.99 Å². The molecule has 3 N–H and O–H groups in total. The number of hydrogen-bond acceptors (Lipinski definition) is 4. The number of carbonyl (C=O) groups is 1. The fraction of sp³-hybridized carbons (Fsp3) is 0.308. The maximum absolute atomic E-state index is 12.3. The Labute approximate surface area is 138 Å². The molecule has 1 aromatic carbocycles. The molecule has 0 spiro atoms. The van der Waals surface area contributed by atoms with E-state index in [1.54, 1.807) is 23.1 Å². The van der Waals surface area contributed by atoms with Gasteiger partial charge in [0.15, 0.2) is 5.71 Å². The molecule has 1 amide bonds. The van der Waals surface area contributed by atoms with E-state index >= 15 is 0 Å². The quantitative estimate of drug-likeness (QED) is 0.500. The van der Waals surface area contributed by atoms with E-state index in [0.717, 1.165) is 12.8 Å². The summed E-state index contributed by atoms with van der Waals surface area (Å²) in [6.07, 6.45) is 1.95. The standard InChI is InChI=1S/C13H14Cl2N4OS/c14-8-4-3-5-9(10(8)15)17-18-11(12(16)21)13(20)19-6-1-2-7-19/h3-5,17H,1-2,6-7H2,(H2,16,21)/b18-11-. The molecule has 0 radical (unpaired) electrons. The first kappa shape index (κ1) is 16.0. The van der Waals surface area contributed by atoms with Crippen molar-refractivity contribution in [1.82, 2.24) is 4.90 Å². The normalized spacial score (nSPS) is 15.1. The highest BCUT2D eigenvalue weighted by Gasteiger charge is 2.24. The van der Waals surface area contributed by atoms with Gasteiger partial charge in [0.05, 0.1) is 15.7 Å². The van der Waals surface area contributed by atoms with Crippen LogP contribution in [0.25, 0.3) is 0 Å². The minimum atomic E-state index is -0.273. The van der Waals surface area contributed by atoms with E-state index < -0.39 is 0 Å². The van der Waals surface area contributed by atoms with Crippen LogP contribution in [0.5, 0.6) is 0 Å². The van der Waals surface area contributed by atoms with Gasteiger partial charge in [-0.05, 0) is 25.0 Å². The molecular formula is C13H14Cl2N4OS. The number of halogens is 2. The number of nitrogens with two attached hydrogens (primary N) is 1. The summed E-state index contributed by atoms with van der Waals surface area (Å²) < 4.78 is 0. The number of rotatable bonds is 4. The van der Waals surface area contributed by atoms with Gasteiger partial charge in [0.2, 0.25) is 0 Å². The van der Waals surface area contributed by atoms with Crippen LogP contribution in [-0.2, 0) is 4.79 Å². The van der Waals surface area contributed by atoms with Crippen molar-refractivity contribution in [3.63, 3.8) is 0 Å². The first-order valence-electron chi connectivity index (χ1n) is 6.37. The second-order valence-corrected chi connectivity index (χ2v) is 5.76. The molecule has 0 aliphatic carbocycles. The lowest BCUT2D eigenvalue weighted by molar-refractivity contribution is -0.122. The topological polar surface area (TPSA) is 70.7 Å². The summed E-state index contributed by atoms with van der Waals surface area (Å²) in [5.41, 5.74) is 8.78. The fourth-order valence-corrected chi connectivity index (χ4v) is 2.46. The van der Waals surface area contributed by atoms with Crippen LogP contribution in [0.2, 0.25) is 10.0 Å². The highest BCUT2D eigenvalue weighted by atomic mass is 35.5. The van der Waals surface area contributed by atoms with E-state index in [1.807, 2.05) is 0 Å². The fourth-order valence-electron chi connectivity index (χ4n) is 1.98. The number of benzene rings is 1. The Morgan fingerprint density at radius 1 is 1.33 bits per heavy atom. The molecule has 1 aliphatic rings. The van der Waals surface area contributed by atoms with Crippen LogP contribution in [-0.4, -0.2) is 34.6 Å². The maximum atomic E-state index is 12.3. The number of hydrazone groups is 1. The van der Waals surface area contributed by atoms with E-state index in [0.29, 0.717) is 28.8 Å². The minimum absolute atomic E-state index is 0.0166. The van der Waals surface area contributed by atoms with Crippen LogP contribution >= 0.6 is 35.4 Å². The number of thiocarbonyl (C=S) groups is 1. The van der Waals surface area contributed by atoms with Crippen molar-refractivity contribution >= 4 is 57.7 Å². The Morgan fingerprint density at radius 2 is 2.00 bits per heavy atom. The molecule has 1 saturated heterocycles. The smallest absolute Gasteiger partial charge is 0.277 e. The summed E-state index contributed by atoms with van der Waals surface area (Å²) in [7, 11) is 0. The van der Waals surface area contributed by atoms with Crippen molar-refractivity contribution in [1.29, 1.82) is 0 Å². The van der Waals surface area contributed by atoms with E-state index in [1.165, 1.54) is 0 Å². The largest absolute Gasteiger partial charge is 0.388 e. The van der Waals surface area contributed by atoms with Gasteiger partial charge in [0, 0.05) is 13.1 Å². The molecule has 2 rings (SSSR count). The Kier molecular flexibility index (Phi) is 5.39.